The number of aryl methyl sites for hydroxylation is 1. The van der Waals surface area contributed by atoms with E-state index in [1.165, 1.54) is 5.56 Å². The molecule has 0 fully saturated rings. The van der Waals surface area contributed by atoms with Crippen molar-refractivity contribution in [1.82, 2.24) is 4.98 Å². The molecule has 1 atom stereocenters. The number of nitrogens with zero attached hydrogens (tertiary/aromatic N) is 1. The maximum absolute atomic E-state index is 5.73. The van der Waals surface area contributed by atoms with E-state index in [9.17, 15) is 0 Å². The molecule has 0 amide bonds. The zero-order valence-electron chi connectivity index (χ0n) is 9.39. The number of aromatic nitrogens is 1. The van der Waals surface area contributed by atoms with Gasteiger partial charge in [0.2, 0.25) is 0 Å². The van der Waals surface area contributed by atoms with Crippen LogP contribution in [0.15, 0.2) is 35.7 Å². The molecule has 0 aliphatic heterocycles. The number of benzene rings is 1. The first-order chi connectivity index (χ1) is 7.75. The van der Waals surface area contributed by atoms with Crippen molar-refractivity contribution < 1.29 is 0 Å². The van der Waals surface area contributed by atoms with Crippen molar-refractivity contribution in [3.63, 3.8) is 0 Å². The van der Waals surface area contributed by atoms with Gasteiger partial charge in [0, 0.05) is 17.0 Å². The zero-order chi connectivity index (χ0) is 11.4. The fourth-order valence-electron chi connectivity index (χ4n) is 1.51. The highest BCUT2D eigenvalue weighted by Crippen LogP contribution is 2.23. The Morgan fingerprint density at radius 1 is 1.31 bits per heavy atom. The van der Waals surface area contributed by atoms with E-state index in [-0.39, 0.29) is 6.04 Å². The first-order valence-corrected chi connectivity index (χ1v) is 6.39. The first kappa shape index (κ1) is 11.3. The maximum Gasteiger partial charge on any atom is 0.123 e. The predicted octanol–water partition coefficient (Wildman–Crippen LogP) is 3.09. The average Bonchev–Trinajstić information content (AvgIpc) is 2.76. The largest absolute Gasteiger partial charge is 0.328 e. The van der Waals surface area contributed by atoms with Crippen LogP contribution < -0.4 is 5.73 Å². The number of hydrogen-bond acceptors (Lipinski definition) is 3. The van der Waals surface area contributed by atoms with E-state index in [2.05, 4.69) is 22.5 Å². The smallest absolute Gasteiger partial charge is 0.123 e. The molecule has 1 aromatic heterocycles. The van der Waals surface area contributed by atoms with E-state index in [0.29, 0.717) is 0 Å². The summed E-state index contributed by atoms with van der Waals surface area (Å²) in [6, 6.07) is 10.5. The molecule has 0 aliphatic rings. The fourth-order valence-corrected chi connectivity index (χ4v) is 2.37. The standard InChI is InChI=1S/C13H16N2S/c1-10(14)7-8-12-9-16-13(15-12)11-5-3-2-4-6-11/h2-6,9-10H,7-8,14H2,1H3. The van der Waals surface area contributed by atoms with Gasteiger partial charge in [0.1, 0.15) is 5.01 Å². The van der Waals surface area contributed by atoms with Crippen molar-refractivity contribution in [3.8, 4) is 10.6 Å². The lowest BCUT2D eigenvalue weighted by molar-refractivity contribution is 0.660. The molecule has 1 unspecified atom stereocenters. The molecule has 3 heteroatoms. The SMILES string of the molecule is CC(N)CCc1csc(-c2ccccc2)n1. The van der Waals surface area contributed by atoms with Crippen LogP contribution in [0, 0.1) is 0 Å². The van der Waals surface area contributed by atoms with Crippen LogP contribution in [0.5, 0.6) is 0 Å². The zero-order valence-corrected chi connectivity index (χ0v) is 10.2. The summed E-state index contributed by atoms with van der Waals surface area (Å²) >= 11 is 1.70. The second kappa shape index (κ2) is 5.23. The highest BCUT2D eigenvalue weighted by Gasteiger charge is 2.04. The molecule has 16 heavy (non-hydrogen) atoms. The summed E-state index contributed by atoms with van der Waals surface area (Å²) in [5, 5.41) is 3.23. The van der Waals surface area contributed by atoms with Crippen LogP contribution in [0.3, 0.4) is 0 Å². The molecule has 1 aromatic carbocycles. The third-order valence-corrected chi connectivity index (χ3v) is 3.37. The molecule has 0 radical (unpaired) electrons. The topological polar surface area (TPSA) is 38.9 Å². The van der Waals surface area contributed by atoms with Gasteiger partial charge in [0.05, 0.1) is 5.69 Å². The molecular formula is C13H16N2S. The van der Waals surface area contributed by atoms with Crippen LogP contribution in [0.2, 0.25) is 0 Å². The van der Waals surface area contributed by atoms with Gasteiger partial charge in [-0.05, 0) is 19.8 Å². The Kier molecular flexibility index (Phi) is 3.70. The molecule has 2 N–H and O–H groups in total. The lowest BCUT2D eigenvalue weighted by Gasteiger charge is -2.01. The van der Waals surface area contributed by atoms with E-state index < -0.39 is 0 Å². The third kappa shape index (κ3) is 2.90. The fraction of sp³-hybridized carbons (Fsp3) is 0.308. The van der Waals surface area contributed by atoms with E-state index in [1.807, 2.05) is 25.1 Å². The van der Waals surface area contributed by atoms with Crippen LogP contribution >= 0.6 is 11.3 Å². The van der Waals surface area contributed by atoms with Crippen LogP contribution in [0.25, 0.3) is 10.6 Å². The Balaban J connectivity index is 2.08. The first-order valence-electron chi connectivity index (χ1n) is 5.51. The van der Waals surface area contributed by atoms with Gasteiger partial charge in [-0.1, -0.05) is 30.3 Å². The lowest BCUT2D eigenvalue weighted by Crippen LogP contribution is -2.15. The predicted molar refractivity (Wildman–Crippen MR) is 69.5 cm³/mol. The number of rotatable bonds is 4. The summed E-state index contributed by atoms with van der Waals surface area (Å²) in [7, 11) is 0. The van der Waals surface area contributed by atoms with Gasteiger partial charge in [0.25, 0.3) is 0 Å². The van der Waals surface area contributed by atoms with Crippen LogP contribution in [0.1, 0.15) is 19.0 Å². The minimum Gasteiger partial charge on any atom is -0.328 e. The summed E-state index contributed by atoms with van der Waals surface area (Å²) in [5.74, 6) is 0. The highest BCUT2D eigenvalue weighted by molar-refractivity contribution is 7.13. The van der Waals surface area contributed by atoms with Gasteiger partial charge < -0.3 is 5.73 Å². The minimum absolute atomic E-state index is 0.252. The number of nitrogens with two attached hydrogens (primary N) is 1. The van der Waals surface area contributed by atoms with E-state index in [0.717, 1.165) is 23.5 Å². The second-order valence-electron chi connectivity index (χ2n) is 4.03. The molecule has 0 aliphatic carbocycles. The molecule has 0 saturated carbocycles. The van der Waals surface area contributed by atoms with E-state index in [1.54, 1.807) is 11.3 Å². The van der Waals surface area contributed by atoms with Gasteiger partial charge in [-0.3, -0.25) is 0 Å². The molecule has 1 heterocycles. The summed E-state index contributed by atoms with van der Waals surface area (Å²) < 4.78 is 0. The molecule has 2 nitrogen and oxygen atoms in total. The molecule has 2 rings (SSSR count). The Morgan fingerprint density at radius 2 is 2.06 bits per heavy atom. The molecular weight excluding hydrogens is 216 g/mol. The number of thiazole rings is 1. The molecule has 0 bridgehead atoms. The summed E-state index contributed by atoms with van der Waals surface area (Å²) in [6.45, 7) is 2.03. The molecule has 0 saturated heterocycles. The van der Waals surface area contributed by atoms with Crippen molar-refractivity contribution >= 4 is 11.3 Å². The van der Waals surface area contributed by atoms with Crippen LogP contribution in [-0.4, -0.2) is 11.0 Å². The Morgan fingerprint density at radius 3 is 2.75 bits per heavy atom. The average molecular weight is 232 g/mol. The van der Waals surface area contributed by atoms with Crippen molar-refractivity contribution in [2.24, 2.45) is 5.73 Å². The Hall–Kier alpha value is -1.19. The lowest BCUT2D eigenvalue weighted by atomic mass is 10.1. The summed E-state index contributed by atoms with van der Waals surface area (Å²) in [6.07, 6.45) is 1.97. The Bertz CT molecular complexity index is 434. The third-order valence-electron chi connectivity index (χ3n) is 2.43. The summed E-state index contributed by atoms with van der Waals surface area (Å²) in [5.41, 5.74) is 8.08. The van der Waals surface area contributed by atoms with Crippen LogP contribution in [0.4, 0.5) is 0 Å². The van der Waals surface area contributed by atoms with Gasteiger partial charge >= 0.3 is 0 Å². The van der Waals surface area contributed by atoms with Gasteiger partial charge in [0.15, 0.2) is 0 Å². The van der Waals surface area contributed by atoms with E-state index >= 15 is 0 Å². The second-order valence-corrected chi connectivity index (χ2v) is 4.88. The van der Waals surface area contributed by atoms with Gasteiger partial charge in [-0.2, -0.15) is 0 Å². The number of hydrogen-bond donors (Lipinski definition) is 1. The molecule has 2 aromatic rings. The van der Waals surface area contributed by atoms with Gasteiger partial charge in [-0.25, -0.2) is 4.98 Å². The molecule has 84 valence electrons. The van der Waals surface area contributed by atoms with Crippen LogP contribution in [-0.2, 0) is 6.42 Å². The molecule has 0 spiro atoms. The highest BCUT2D eigenvalue weighted by atomic mass is 32.1. The van der Waals surface area contributed by atoms with Crippen molar-refractivity contribution in [2.45, 2.75) is 25.8 Å². The normalized spacial score (nSPS) is 12.6. The van der Waals surface area contributed by atoms with Crippen molar-refractivity contribution in [3.05, 3.63) is 41.4 Å². The minimum atomic E-state index is 0.252. The summed E-state index contributed by atoms with van der Waals surface area (Å²) in [4.78, 5) is 4.62. The van der Waals surface area contributed by atoms with E-state index in [4.69, 9.17) is 5.73 Å². The van der Waals surface area contributed by atoms with Gasteiger partial charge in [-0.15, -0.1) is 11.3 Å². The van der Waals surface area contributed by atoms with Crippen molar-refractivity contribution in [2.75, 3.05) is 0 Å². The monoisotopic (exact) mass is 232 g/mol. The maximum atomic E-state index is 5.73. The quantitative estimate of drug-likeness (QED) is 0.879. The van der Waals surface area contributed by atoms with Crippen molar-refractivity contribution in [1.29, 1.82) is 0 Å². The Labute approximate surface area is 100 Å².